The first-order valence-corrected chi connectivity index (χ1v) is 7.23. The van der Waals surface area contributed by atoms with E-state index in [4.69, 9.17) is 4.74 Å². The molecule has 18 heavy (non-hydrogen) atoms. The zero-order chi connectivity index (χ0) is 13.6. The summed E-state index contributed by atoms with van der Waals surface area (Å²) in [5.41, 5.74) is -0.528. The molecule has 0 aliphatic heterocycles. The molecule has 0 heterocycles. The molecule has 1 unspecified atom stereocenters. The van der Waals surface area contributed by atoms with E-state index in [1.807, 2.05) is 13.8 Å². The van der Waals surface area contributed by atoms with Crippen LogP contribution in [0.4, 0.5) is 0 Å². The number of esters is 1. The molecule has 1 aliphatic rings. The van der Waals surface area contributed by atoms with Gasteiger partial charge in [-0.25, -0.2) is 0 Å². The predicted octanol–water partition coefficient (Wildman–Crippen LogP) is 1.79. The van der Waals surface area contributed by atoms with Gasteiger partial charge in [0.15, 0.2) is 0 Å². The molecule has 1 saturated carbocycles. The number of carbonyl (C=O) groups excluding carboxylic acids is 1. The lowest BCUT2D eigenvalue weighted by atomic mass is 9.97. The van der Waals surface area contributed by atoms with E-state index in [9.17, 15) is 4.79 Å². The minimum absolute atomic E-state index is 0.107. The third kappa shape index (κ3) is 4.58. The van der Waals surface area contributed by atoms with Crippen molar-refractivity contribution in [3.63, 3.8) is 0 Å². The zero-order valence-corrected chi connectivity index (χ0v) is 12.3. The Morgan fingerprint density at radius 2 is 1.94 bits per heavy atom. The maximum Gasteiger partial charge on any atom is 0.326 e. The van der Waals surface area contributed by atoms with Crippen molar-refractivity contribution >= 4 is 5.97 Å². The quantitative estimate of drug-likeness (QED) is 0.639. The summed E-state index contributed by atoms with van der Waals surface area (Å²) in [6.45, 7) is 11.6. The van der Waals surface area contributed by atoms with Crippen molar-refractivity contribution in [2.24, 2.45) is 0 Å². The van der Waals surface area contributed by atoms with Crippen molar-refractivity contribution in [1.82, 2.24) is 10.2 Å². The number of hydrogen-bond donors (Lipinski definition) is 1. The second-order valence-electron chi connectivity index (χ2n) is 5.25. The van der Waals surface area contributed by atoms with Crippen LogP contribution in [0.2, 0.25) is 0 Å². The Morgan fingerprint density at radius 1 is 1.33 bits per heavy atom. The lowest BCUT2D eigenvalue weighted by Crippen LogP contribution is -2.53. The Kier molecular flexibility index (Phi) is 6.09. The molecule has 4 nitrogen and oxygen atoms in total. The number of hydrogen-bond acceptors (Lipinski definition) is 4. The lowest BCUT2D eigenvalue weighted by molar-refractivity contribution is -0.151. The SMILES string of the molecule is CCOC(=O)C(C)(CCN(CC)CC)NC1CC1. The molecule has 106 valence electrons. The molecule has 0 aromatic carbocycles. The van der Waals surface area contributed by atoms with Crippen LogP contribution in [0, 0.1) is 0 Å². The van der Waals surface area contributed by atoms with Crippen LogP contribution in [0.1, 0.15) is 47.0 Å². The topological polar surface area (TPSA) is 41.6 Å². The molecule has 1 aliphatic carbocycles. The van der Waals surface area contributed by atoms with Gasteiger partial charge < -0.3 is 9.64 Å². The van der Waals surface area contributed by atoms with E-state index < -0.39 is 5.54 Å². The fourth-order valence-electron chi connectivity index (χ4n) is 2.12. The second-order valence-corrected chi connectivity index (χ2v) is 5.25. The fraction of sp³-hybridized carbons (Fsp3) is 0.929. The zero-order valence-electron chi connectivity index (χ0n) is 12.3. The second kappa shape index (κ2) is 7.10. The van der Waals surface area contributed by atoms with E-state index in [1.54, 1.807) is 0 Å². The molecule has 1 fully saturated rings. The summed E-state index contributed by atoms with van der Waals surface area (Å²) < 4.78 is 5.22. The molecule has 0 amide bonds. The first kappa shape index (κ1) is 15.4. The molecule has 0 saturated heterocycles. The highest BCUT2D eigenvalue weighted by Gasteiger charge is 2.39. The number of carbonyl (C=O) groups is 1. The van der Waals surface area contributed by atoms with Crippen LogP contribution < -0.4 is 5.32 Å². The van der Waals surface area contributed by atoms with Gasteiger partial charge in [-0.15, -0.1) is 0 Å². The first-order valence-electron chi connectivity index (χ1n) is 7.23. The Hall–Kier alpha value is -0.610. The highest BCUT2D eigenvalue weighted by Crippen LogP contribution is 2.25. The van der Waals surface area contributed by atoms with E-state index in [0.29, 0.717) is 12.6 Å². The summed E-state index contributed by atoms with van der Waals surface area (Å²) in [6.07, 6.45) is 3.17. The monoisotopic (exact) mass is 256 g/mol. The van der Waals surface area contributed by atoms with Crippen molar-refractivity contribution in [2.75, 3.05) is 26.2 Å². The van der Waals surface area contributed by atoms with Gasteiger partial charge in [-0.1, -0.05) is 13.8 Å². The molecule has 0 aromatic rings. The molecule has 0 spiro atoms. The molecule has 4 heteroatoms. The summed E-state index contributed by atoms with van der Waals surface area (Å²) in [5, 5.41) is 3.45. The van der Waals surface area contributed by atoms with E-state index in [2.05, 4.69) is 24.1 Å². The number of nitrogens with one attached hydrogen (secondary N) is 1. The van der Waals surface area contributed by atoms with Crippen LogP contribution in [0.15, 0.2) is 0 Å². The normalized spacial score (nSPS) is 18.7. The van der Waals surface area contributed by atoms with Crippen LogP contribution in [0.25, 0.3) is 0 Å². The minimum atomic E-state index is -0.528. The molecule has 1 N–H and O–H groups in total. The van der Waals surface area contributed by atoms with Crippen molar-refractivity contribution in [3.05, 3.63) is 0 Å². The largest absolute Gasteiger partial charge is 0.465 e. The molecule has 1 atom stereocenters. The molecule has 0 bridgehead atoms. The third-order valence-electron chi connectivity index (χ3n) is 3.65. The van der Waals surface area contributed by atoms with Crippen LogP contribution in [-0.2, 0) is 9.53 Å². The van der Waals surface area contributed by atoms with Gasteiger partial charge in [-0.05, 0) is 46.2 Å². The van der Waals surface area contributed by atoms with Gasteiger partial charge in [0.25, 0.3) is 0 Å². The van der Waals surface area contributed by atoms with E-state index in [-0.39, 0.29) is 5.97 Å². The molecular formula is C14H28N2O2. The van der Waals surface area contributed by atoms with Gasteiger partial charge in [0.05, 0.1) is 6.61 Å². The number of nitrogens with zero attached hydrogens (tertiary/aromatic N) is 1. The first-order chi connectivity index (χ1) is 8.55. The predicted molar refractivity (Wildman–Crippen MR) is 73.6 cm³/mol. The Morgan fingerprint density at radius 3 is 2.39 bits per heavy atom. The van der Waals surface area contributed by atoms with Gasteiger partial charge in [-0.2, -0.15) is 0 Å². The van der Waals surface area contributed by atoms with Crippen LogP contribution in [0.5, 0.6) is 0 Å². The minimum Gasteiger partial charge on any atom is -0.465 e. The van der Waals surface area contributed by atoms with Gasteiger partial charge >= 0.3 is 5.97 Å². The lowest BCUT2D eigenvalue weighted by Gasteiger charge is -2.31. The van der Waals surface area contributed by atoms with Crippen LogP contribution in [0.3, 0.4) is 0 Å². The van der Waals surface area contributed by atoms with Crippen molar-refractivity contribution in [2.45, 2.75) is 58.5 Å². The Labute approximate surface area is 111 Å². The third-order valence-corrected chi connectivity index (χ3v) is 3.65. The fourth-order valence-corrected chi connectivity index (χ4v) is 2.12. The van der Waals surface area contributed by atoms with Crippen molar-refractivity contribution < 1.29 is 9.53 Å². The maximum absolute atomic E-state index is 12.1. The van der Waals surface area contributed by atoms with E-state index in [1.165, 1.54) is 12.8 Å². The molecule has 0 aromatic heterocycles. The molecular weight excluding hydrogens is 228 g/mol. The Bertz CT molecular complexity index is 263. The average molecular weight is 256 g/mol. The van der Waals surface area contributed by atoms with Gasteiger partial charge in [0.1, 0.15) is 5.54 Å². The summed E-state index contributed by atoms with van der Waals surface area (Å²) >= 11 is 0. The van der Waals surface area contributed by atoms with E-state index >= 15 is 0 Å². The maximum atomic E-state index is 12.1. The average Bonchev–Trinajstić information content (AvgIpc) is 3.14. The molecule has 1 rings (SSSR count). The van der Waals surface area contributed by atoms with Crippen LogP contribution >= 0.6 is 0 Å². The summed E-state index contributed by atoms with van der Waals surface area (Å²) in [4.78, 5) is 14.5. The smallest absolute Gasteiger partial charge is 0.326 e. The van der Waals surface area contributed by atoms with E-state index in [0.717, 1.165) is 26.1 Å². The van der Waals surface area contributed by atoms with Crippen LogP contribution in [-0.4, -0.2) is 48.7 Å². The highest BCUT2D eigenvalue weighted by atomic mass is 16.5. The summed E-state index contributed by atoms with van der Waals surface area (Å²) in [7, 11) is 0. The van der Waals surface area contributed by atoms with Crippen molar-refractivity contribution in [1.29, 1.82) is 0 Å². The van der Waals surface area contributed by atoms with Gasteiger partial charge in [0, 0.05) is 12.6 Å². The standard InChI is InChI=1S/C14H28N2O2/c1-5-16(6-2)11-10-14(4,13(17)18-7-3)15-12-8-9-12/h12,15H,5-11H2,1-4H3. The summed E-state index contributed by atoms with van der Waals surface area (Å²) in [6, 6.07) is 0.510. The molecule has 0 radical (unpaired) electrons. The number of rotatable bonds is 9. The van der Waals surface area contributed by atoms with Gasteiger partial charge in [0.2, 0.25) is 0 Å². The van der Waals surface area contributed by atoms with Gasteiger partial charge in [-0.3, -0.25) is 10.1 Å². The Balaban J connectivity index is 2.55. The summed E-state index contributed by atoms with van der Waals surface area (Å²) in [5.74, 6) is -0.107. The number of ether oxygens (including phenoxy) is 1. The highest BCUT2D eigenvalue weighted by molar-refractivity contribution is 5.80. The van der Waals surface area contributed by atoms with Crippen molar-refractivity contribution in [3.8, 4) is 0 Å².